The Balaban J connectivity index is 1.76. The van der Waals surface area contributed by atoms with Crippen molar-refractivity contribution in [2.45, 2.75) is 32.1 Å². The molecule has 108 valence electrons. The Hall–Kier alpha value is -1.84. The molecule has 0 aliphatic heterocycles. The predicted molar refractivity (Wildman–Crippen MR) is 76.5 cm³/mol. The second-order valence-electron chi connectivity index (χ2n) is 5.21. The lowest BCUT2D eigenvalue weighted by atomic mass is 10.1. The molecule has 0 aromatic heterocycles. The number of methoxy groups -OCH3 is 1. The molecule has 1 saturated carbocycles. The van der Waals surface area contributed by atoms with Crippen molar-refractivity contribution in [1.82, 2.24) is 5.32 Å². The monoisotopic (exact) mass is 275 g/mol. The van der Waals surface area contributed by atoms with Crippen LogP contribution in [0.2, 0.25) is 0 Å². The van der Waals surface area contributed by atoms with Crippen LogP contribution in [0.1, 0.15) is 41.6 Å². The summed E-state index contributed by atoms with van der Waals surface area (Å²) in [5, 5.41) is 2.99. The van der Waals surface area contributed by atoms with Gasteiger partial charge < -0.3 is 10.1 Å². The summed E-state index contributed by atoms with van der Waals surface area (Å²) in [7, 11) is 1.37. The number of rotatable bonds is 5. The topological polar surface area (TPSA) is 55.4 Å². The second-order valence-corrected chi connectivity index (χ2v) is 5.21. The molecule has 4 nitrogen and oxygen atoms in total. The van der Waals surface area contributed by atoms with Crippen LogP contribution in [0.5, 0.6) is 0 Å². The van der Waals surface area contributed by atoms with E-state index >= 15 is 0 Å². The van der Waals surface area contributed by atoms with E-state index < -0.39 is 0 Å². The summed E-state index contributed by atoms with van der Waals surface area (Å²) in [5.74, 6) is 0.0801. The molecule has 1 aliphatic rings. The molecule has 0 saturated heterocycles. The smallest absolute Gasteiger partial charge is 0.337 e. The molecule has 1 fully saturated rings. The number of esters is 1. The van der Waals surface area contributed by atoms with E-state index in [0.717, 1.165) is 24.8 Å². The van der Waals surface area contributed by atoms with Crippen LogP contribution in [0.4, 0.5) is 0 Å². The molecule has 1 N–H and O–H groups in total. The lowest BCUT2D eigenvalue weighted by molar-refractivity contribution is -0.124. The fraction of sp³-hybridized carbons (Fsp3) is 0.500. The molecule has 1 aromatic rings. The molecule has 2 rings (SSSR count). The van der Waals surface area contributed by atoms with Gasteiger partial charge in [0, 0.05) is 12.5 Å². The van der Waals surface area contributed by atoms with Gasteiger partial charge in [0.05, 0.1) is 12.7 Å². The highest BCUT2D eigenvalue weighted by Crippen LogP contribution is 2.24. The zero-order valence-corrected chi connectivity index (χ0v) is 11.9. The molecule has 0 heterocycles. The van der Waals surface area contributed by atoms with Gasteiger partial charge in [0.15, 0.2) is 0 Å². The zero-order valence-electron chi connectivity index (χ0n) is 11.9. The van der Waals surface area contributed by atoms with Crippen LogP contribution < -0.4 is 5.32 Å². The van der Waals surface area contributed by atoms with Crippen molar-refractivity contribution in [3.63, 3.8) is 0 Å². The van der Waals surface area contributed by atoms with E-state index in [0.29, 0.717) is 12.1 Å². The zero-order chi connectivity index (χ0) is 14.4. The number of amides is 1. The van der Waals surface area contributed by atoms with Crippen molar-refractivity contribution < 1.29 is 14.3 Å². The first kappa shape index (κ1) is 14.6. The van der Waals surface area contributed by atoms with E-state index in [-0.39, 0.29) is 17.8 Å². The molecule has 0 bridgehead atoms. The Morgan fingerprint density at radius 2 is 1.85 bits per heavy atom. The van der Waals surface area contributed by atoms with Crippen LogP contribution in [0, 0.1) is 5.92 Å². The molecular weight excluding hydrogens is 254 g/mol. The van der Waals surface area contributed by atoms with Crippen LogP contribution in [0.25, 0.3) is 0 Å². The third-order valence-electron chi connectivity index (χ3n) is 3.81. The quantitative estimate of drug-likeness (QED) is 0.839. The molecule has 4 heteroatoms. The van der Waals surface area contributed by atoms with Crippen molar-refractivity contribution in [2.24, 2.45) is 5.92 Å². The SMILES string of the molecule is COC(=O)c1ccc(CCNC(=O)C2CCCC2)cc1. The third kappa shape index (κ3) is 3.83. The molecule has 0 spiro atoms. The number of carbonyl (C=O) groups is 2. The molecule has 20 heavy (non-hydrogen) atoms. The third-order valence-corrected chi connectivity index (χ3v) is 3.81. The Kier molecular flexibility index (Phi) is 5.16. The van der Waals surface area contributed by atoms with Crippen molar-refractivity contribution in [2.75, 3.05) is 13.7 Å². The maximum Gasteiger partial charge on any atom is 0.337 e. The van der Waals surface area contributed by atoms with Gasteiger partial charge in [-0.3, -0.25) is 4.79 Å². The summed E-state index contributed by atoms with van der Waals surface area (Å²) in [5.41, 5.74) is 1.65. The van der Waals surface area contributed by atoms with Gasteiger partial charge in [-0.15, -0.1) is 0 Å². The molecule has 0 atom stereocenters. The number of carbonyl (C=O) groups excluding carboxylic acids is 2. The molecule has 1 amide bonds. The standard InChI is InChI=1S/C16H21NO3/c1-20-16(19)14-8-6-12(7-9-14)10-11-17-15(18)13-4-2-3-5-13/h6-9,13H,2-5,10-11H2,1H3,(H,17,18). The maximum absolute atomic E-state index is 11.8. The minimum atomic E-state index is -0.328. The van der Waals surface area contributed by atoms with Gasteiger partial charge in [-0.25, -0.2) is 4.79 Å². The maximum atomic E-state index is 11.8. The van der Waals surface area contributed by atoms with E-state index in [2.05, 4.69) is 10.1 Å². The van der Waals surface area contributed by atoms with E-state index in [9.17, 15) is 9.59 Å². The average Bonchev–Trinajstić information content (AvgIpc) is 3.01. The Labute approximate surface area is 119 Å². The number of hydrogen-bond donors (Lipinski definition) is 1. The predicted octanol–water partition coefficient (Wildman–Crippen LogP) is 2.32. The summed E-state index contributed by atoms with van der Waals surface area (Å²) < 4.78 is 4.65. The lowest BCUT2D eigenvalue weighted by Gasteiger charge is -2.10. The van der Waals surface area contributed by atoms with Gasteiger partial charge in [0.2, 0.25) is 5.91 Å². The van der Waals surface area contributed by atoms with Crippen molar-refractivity contribution >= 4 is 11.9 Å². The first-order chi connectivity index (χ1) is 9.70. The molecule has 1 aromatic carbocycles. The summed E-state index contributed by atoms with van der Waals surface area (Å²) >= 11 is 0. The van der Waals surface area contributed by atoms with Crippen LogP contribution in [-0.4, -0.2) is 25.5 Å². The highest BCUT2D eigenvalue weighted by Gasteiger charge is 2.21. The van der Waals surface area contributed by atoms with Gasteiger partial charge in [-0.05, 0) is 37.0 Å². The van der Waals surface area contributed by atoms with Crippen LogP contribution in [-0.2, 0) is 16.0 Å². The van der Waals surface area contributed by atoms with Crippen LogP contribution in [0.15, 0.2) is 24.3 Å². The molecule has 0 radical (unpaired) electrons. The number of hydrogen-bond acceptors (Lipinski definition) is 3. The van der Waals surface area contributed by atoms with E-state index in [1.165, 1.54) is 20.0 Å². The summed E-state index contributed by atoms with van der Waals surface area (Å²) in [6.07, 6.45) is 5.18. The summed E-state index contributed by atoms with van der Waals surface area (Å²) in [6.45, 7) is 0.646. The number of ether oxygens (including phenoxy) is 1. The second kappa shape index (κ2) is 7.08. The van der Waals surface area contributed by atoms with Gasteiger partial charge in [0.25, 0.3) is 0 Å². The van der Waals surface area contributed by atoms with Crippen molar-refractivity contribution in [1.29, 1.82) is 0 Å². The summed E-state index contributed by atoms with van der Waals surface area (Å²) in [4.78, 5) is 23.1. The largest absolute Gasteiger partial charge is 0.465 e. The summed E-state index contributed by atoms with van der Waals surface area (Å²) in [6, 6.07) is 7.29. The highest BCUT2D eigenvalue weighted by molar-refractivity contribution is 5.89. The minimum absolute atomic E-state index is 0.189. The van der Waals surface area contributed by atoms with Crippen molar-refractivity contribution in [3.05, 3.63) is 35.4 Å². The fourth-order valence-corrected chi connectivity index (χ4v) is 2.59. The van der Waals surface area contributed by atoms with Crippen LogP contribution >= 0.6 is 0 Å². The number of benzene rings is 1. The molecule has 0 unspecified atom stereocenters. The fourth-order valence-electron chi connectivity index (χ4n) is 2.59. The van der Waals surface area contributed by atoms with Gasteiger partial charge in [-0.2, -0.15) is 0 Å². The van der Waals surface area contributed by atoms with Gasteiger partial charge in [-0.1, -0.05) is 25.0 Å². The Bertz CT molecular complexity index is 461. The van der Waals surface area contributed by atoms with E-state index in [4.69, 9.17) is 0 Å². The minimum Gasteiger partial charge on any atom is -0.465 e. The van der Waals surface area contributed by atoms with E-state index in [1.54, 1.807) is 12.1 Å². The first-order valence-corrected chi connectivity index (χ1v) is 7.15. The molecular formula is C16H21NO3. The first-order valence-electron chi connectivity index (χ1n) is 7.15. The Morgan fingerprint density at radius 3 is 2.45 bits per heavy atom. The van der Waals surface area contributed by atoms with Crippen LogP contribution in [0.3, 0.4) is 0 Å². The van der Waals surface area contributed by atoms with Gasteiger partial charge in [0.1, 0.15) is 0 Å². The van der Waals surface area contributed by atoms with Crippen molar-refractivity contribution in [3.8, 4) is 0 Å². The lowest BCUT2D eigenvalue weighted by Crippen LogP contribution is -2.30. The van der Waals surface area contributed by atoms with E-state index in [1.807, 2.05) is 12.1 Å². The normalized spacial score (nSPS) is 15.1. The Morgan fingerprint density at radius 1 is 1.20 bits per heavy atom. The van der Waals surface area contributed by atoms with Gasteiger partial charge >= 0.3 is 5.97 Å². The average molecular weight is 275 g/mol. The number of nitrogens with one attached hydrogen (secondary N) is 1. The molecule has 1 aliphatic carbocycles. The highest BCUT2D eigenvalue weighted by atomic mass is 16.5.